The molecule has 3 aliphatic rings. The predicted molar refractivity (Wildman–Crippen MR) is 79.1 cm³/mol. The molecule has 0 aromatic rings. The number of hydrogen-bond donors (Lipinski definition) is 1. The van der Waals surface area contributed by atoms with Crippen molar-refractivity contribution in [1.29, 1.82) is 0 Å². The molecule has 0 aromatic carbocycles. The molecule has 1 saturated heterocycles. The van der Waals surface area contributed by atoms with Crippen molar-refractivity contribution in [2.45, 2.75) is 77.4 Å². The van der Waals surface area contributed by atoms with E-state index in [1.54, 1.807) is 0 Å². The van der Waals surface area contributed by atoms with Gasteiger partial charge < -0.3 is 5.11 Å². The van der Waals surface area contributed by atoms with Crippen LogP contribution in [0.3, 0.4) is 0 Å². The predicted octanol–water partition coefficient (Wildman–Crippen LogP) is 3.44. The topological polar surface area (TPSA) is 23.5 Å². The molecule has 2 aliphatic carbocycles. The first-order chi connectivity index (χ1) is 9.08. The second kappa shape index (κ2) is 5.37. The van der Waals surface area contributed by atoms with Crippen molar-refractivity contribution in [3.63, 3.8) is 0 Å². The Morgan fingerprint density at radius 1 is 1.05 bits per heavy atom. The van der Waals surface area contributed by atoms with Gasteiger partial charge >= 0.3 is 0 Å². The fourth-order valence-corrected chi connectivity index (χ4v) is 4.95. The second-order valence-corrected chi connectivity index (χ2v) is 7.98. The molecule has 19 heavy (non-hydrogen) atoms. The van der Waals surface area contributed by atoms with Crippen LogP contribution < -0.4 is 0 Å². The maximum Gasteiger partial charge on any atom is 0.0631 e. The molecule has 0 radical (unpaired) electrons. The zero-order valence-electron chi connectivity index (χ0n) is 12.8. The summed E-state index contributed by atoms with van der Waals surface area (Å²) in [6.45, 7) is 6.91. The molecule has 2 nitrogen and oxygen atoms in total. The van der Waals surface area contributed by atoms with Gasteiger partial charge in [-0.1, -0.05) is 26.7 Å². The first-order valence-corrected chi connectivity index (χ1v) is 8.50. The van der Waals surface area contributed by atoms with Crippen LogP contribution in [0.4, 0.5) is 0 Å². The Morgan fingerprint density at radius 3 is 2.53 bits per heavy atom. The van der Waals surface area contributed by atoms with Gasteiger partial charge in [0.2, 0.25) is 0 Å². The minimum Gasteiger partial charge on any atom is -0.392 e. The standard InChI is InChI=1S/C17H31NO/c1-17(2)10-9-14(16(17)19)12-18-11-5-7-13-6-3-4-8-15(13)18/h13-16,19H,3-12H2,1-2H3. The molecule has 0 aromatic heterocycles. The average Bonchev–Trinajstić information content (AvgIpc) is 2.66. The van der Waals surface area contributed by atoms with Crippen LogP contribution in [0.25, 0.3) is 0 Å². The largest absolute Gasteiger partial charge is 0.392 e. The summed E-state index contributed by atoms with van der Waals surface area (Å²) in [4.78, 5) is 2.75. The van der Waals surface area contributed by atoms with Crippen LogP contribution in [-0.4, -0.2) is 35.2 Å². The van der Waals surface area contributed by atoms with Gasteiger partial charge in [-0.2, -0.15) is 0 Å². The summed E-state index contributed by atoms with van der Waals surface area (Å²) >= 11 is 0. The molecule has 3 fully saturated rings. The van der Waals surface area contributed by atoms with Crippen LogP contribution in [0.5, 0.6) is 0 Å². The molecule has 2 heteroatoms. The molecule has 0 spiro atoms. The third-order valence-electron chi connectivity index (χ3n) is 6.23. The molecular formula is C17H31NO. The van der Waals surface area contributed by atoms with Gasteiger partial charge in [0, 0.05) is 12.6 Å². The van der Waals surface area contributed by atoms with E-state index in [1.807, 2.05) is 0 Å². The van der Waals surface area contributed by atoms with Crippen LogP contribution in [-0.2, 0) is 0 Å². The Hall–Kier alpha value is -0.0800. The zero-order chi connectivity index (χ0) is 13.5. The number of hydrogen-bond acceptors (Lipinski definition) is 2. The highest BCUT2D eigenvalue weighted by atomic mass is 16.3. The van der Waals surface area contributed by atoms with E-state index in [1.165, 1.54) is 57.9 Å². The number of rotatable bonds is 2. The third kappa shape index (κ3) is 2.71. The van der Waals surface area contributed by atoms with Crippen LogP contribution in [0.2, 0.25) is 0 Å². The molecule has 0 bridgehead atoms. The Kier molecular flexibility index (Phi) is 3.92. The lowest BCUT2D eigenvalue weighted by Crippen LogP contribution is -2.49. The van der Waals surface area contributed by atoms with Crippen molar-refractivity contribution in [3.05, 3.63) is 0 Å². The van der Waals surface area contributed by atoms with E-state index < -0.39 is 0 Å². The normalized spacial score (nSPS) is 43.1. The van der Waals surface area contributed by atoms with Crippen LogP contribution in [0.1, 0.15) is 65.2 Å². The highest BCUT2D eigenvalue weighted by molar-refractivity contribution is 4.95. The van der Waals surface area contributed by atoms with E-state index in [0.717, 1.165) is 18.5 Å². The highest BCUT2D eigenvalue weighted by Crippen LogP contribution is 2.43. The van der Waals surface area contributed by atoms with Gasteiger partial charge in [0.15, 0.2) is 0 Å². The van der Waals surface area contributed by atoms with Crippen LogP contribution >= 0.6 is 0 Å². The molecule has 3 rings (SSSR count). The summed E-state index contributed by atoms with van der Waals surface area (Å²) in [5, 5.41) is 10.5. The molecule has 1 aliphatic heterocycles. The monoisotopic (exact) mass is 265 g/mol. The fourth-order valence-electron chi connectivity index (χ4n) is 4.95. The van der Waals surface area contributed by atoms with Gasteiger partial charge in [0.05, 0.1) is 6.10 Å². The van der Waals surface area contributed by atoms with Gasteiger partial charge in [-0.3, -0.25) is 4.90 Å². The lowest BCUT2D eigenvalue weighted by atomic mass is 9.78. The number of fused-ring (bicyclic) bond motifs is 1. The Bertz CT molecular complexity index is 312. The lowest BCUT2D eigenvalue weighted by Gasteiger charge is -2.45. The number of likely N-dealkylation sites (tertiary alicyclic amines) is 1. The van der Waals surface area contributed by atoms with Gasteiger partial charge in [0.25, 0.3) is 0 Å². The summed E-state index contributed by atoms with van der Waals surface area (Å²) in [7, 11) is 0. The van der Waals surface area contributed by atoms with Gasteiger partial charge in [-0.05, 0) is 62.3 Å². The van der Waals surface area contributed by atoms with Crippen LogP contribution in [0.15, 0.2) is 0 Å². The van der Waals surface area contributed by atoms with E-state index in [0.29, 0.717) is 5.92 Å². The average molecular weight is 265 g/mol. The third-order valence-corrected chi connectivity index (χ3v) is 6.23. The van der Waals surface area contributed by atoms with E-state index in [-0.39, 0.29) is 11.5 Å². The van der Waals surface area contributed by atoms with E-state index >= 15 is 0 Å². The van der Waals surface area contributed by atoms with Gasteiger partial charge in [0.1, 0.15) is 0 Å². The lowest BCUT2D eigenvalue weighted by molar-refractivity contribution is 0.00155. The van der Waals surface area contributed by atoms with Crippen molar-refractivity contribution in [2.24, 2.45) is 17.3 Å². The zero-order valence-corrected chi connectivity index (χ0v) is 12.8. The quantitative estimate of drug-likeness (QED) is 0.827. The number of piperidine rings is 1. The Morgan fingerprint density at radius 2 is 1.79 bits per heavy atom. The highest BCUT2D eigenvalue weighted by Gasteiger charge is 2.43. The Balaban J connectivity index is 1.62. The maximum atomic E-state index is 10.5. The van der Waals surface area contributed by atoms with Crippen molar-refractivity contribution < 1.29 is 5.11 Å². The Labute approximate surface area is 118 Å². The summed E-state index contributed by atoms with van der Waals surface area (Å²) in [5.74, 6) is 1.49. The van der Waals surface area contributed by atoms with Crippen molar-refractivity contribution in [1.82, 2.24) is 4.90 Å². The molecule has 0 amide bonds. The molecule has 110 valence electrons. The van der Waals surface area contributed by atoms with E-state index in [9.17, 15) is 5.11 Å². The number of aliphatic hydroxyl groups excluding tert-OH is 1. The molecule has 2 saturated carbocycles. The summed E-state index contributed by atoms with van der Waals surface area (Å²) in [6.07, 6.45) is 10.9. The molecule has 4 unspecified atom stereocenters. The summed E-state index contributed by atoms with van der Waals surface area (Å²) in [6, 6.07) is 0.846. The minimum absolute atomic E-state index is 0.0866. The number of nitrogens with zero attached hydrogens (tertiary/aromatic N) is 1. The maximum absolute atomic E-state index is 10.5. The fraction of sp³-hybridized carbons (Fsp3) is 1.00. The van der Waals surface area contributed by atoms with E-state index in [4.69, 9.17) is 0 Å². The minimum atomic E-state index is -0.0866. The summed E-state index contributed by atoms with van der Waals surface area (Å²) in [5.41, 5.74) is 0.145. The summed E-state index contributed by atoms with van der Waals surface area (Å²) < 4.78 is 0. The van der Waals surface area contributed by atoms with Gasteiger partial charge in [-0.15, -0.1) is 0 Å². The van der Waals surface area contributed by atoms with Crippen molar-refractivity contribution in [3.8, 4) is 0 Å². The van der Waals surface area contributed by atoms with Crippen molar-refractivity contribution in [2.75, 3.05) is 13.1 Å². The van der Waals surface area contributed by atoms with Crippen molar-refractivity contribution >= 4 is 0 Å². The number of aliphatic hydroxyl groups is 1. The molecule has 1 N–H and O–H groups in total. The smallest absolute Gasteiger partial charge is 0.0631 e. The van der Waals surface area contributed by atoms with Crippen LogP contribution in [0, 0.1) is 17.3 Å². The second-order valence-electron chi connectivity index (χ2n) is 7.98. The molecular weight excluding hydrogens is 234 g/mol. The molecule has 1 heterocycles. The van der Waals surface area contributed by atoms with Gasteiger partial charge in [-0.25, -0.2) is 0 Å². The molecule has 4 atom stereocenters. The van der Waals surface area contributed by atoms with E-state index in [2.05, 4.69) is 18.7 Å². The SMILES string of the molecule is CC1(C)CCC(CN2CCCC3CCCCC32)C1O. The first kappa shape index (κ1) is 13.9. The first-order valence-electron chi connectivity index (χ1n) is 8.50.